The Labute approximate surface area is 96.7 Å². The van der Waals surface area contributed by atoms with E-state index in [2.05, 4.69) is 32.9 Å². The average molecular weight is 220 g/mol. The van der Waals surface area contributed by atoms with Crippen molar-refractivity contribution in [2.45, 2.75) is 38.4 Å². The molecule has 0 aromatic carbocycles. The summed E-state index contributed by atoms with van der Waals surface area (Å²) >= 11 is 0. The van der Waals surface area contributed by atoms with Crippen LogP contribution < -0.4 is 5.32 Å². The first kappa shape index (κ1) is 10.3. The van der Waals surface area contributed by atoms with E-state index in [4.69, 9.17) is 0 Å². The van der Waals surface area contributed by atoms with Gasteiger partial charge in [-0.15, -0.1) is 0 Å². The third-order valence-corrected chi connectivity index (χ3v) is 3.85. The van der Waals surface area contributed by atoms with Crippen LogP contribution in [-0.2, 0) is 13.1 Å². The Morgan fingerprint density at radius 3 is 3.25 bits per heavy atom. The Bertz CT molecular complexity index is 365. The van der Waals surface area contributed by atoms with Crippen LogP contribution in [0.5, 0.6) is 0 Å². The van der Waals surface area contributed by atoms with Gasteiger partial charge in [-0.2, -0.15) is 0 Å². The van der Waals surface area contributed by atoms with Crippen LogP contribution in [-0.4, -0.2) is 39.6 Å². The number of fused-ring (bicyclic) bond motifs is 1. The lowest BCUT2D eigenvalue weighted by Crippen LogP contribution is -2.49. The monoisotopic (exact) mass is 220 g/mol. The van der Waals surface area contributed by atoms with E-state index in [0.29, 0.717) is 5.54 Å². The molecular formula is C12H20N4. The molecule has 3 heterocycles. The van der Waals surface area contributed by atoms with Crippen LogP contribution in [0.1, 0.15) is 25.6 Å². The van der Waals surface area contributed by atoms with Gasteiger partial charge in [0.15, 0.2) is 0 Å². The lowest BCUT2D eigenvalue weighted by Gasteiger charge is -2.35. The number of nitrogens with zero attached hydrogens (tertiary/aromatic N) is 3. The Hall–Kier alpha value is -0.870. The van der Waals surface area contributed by atoms with E-state index in [1.54, 1.807) is 0 Å². The minimum absolute atomic E-state index is 0.328. The van der Waals surface area contributed by atoms with Crippen molar-refractivity contribution in [3.05, 3.63) is 18.2 Å². The molecule has 2 aliphatic rings. The molecule has 1 N–H and O–H groups in total. The van der Waals surface area contributed by atoms with Crippen molar-refractivity contribution < 1.29 is 0 Å². The number of imidazole rings is 1. The van der Waals surface area contributed by atoms with Crippen LogP contribution in [0.4, 0.5) is 0 Å². The Morgan fingerprint density at radius 2 is 2.44 bits per heavy atom. The number of nitrogens with one attached hydrogen (secondary N) is 1. The first-order chi connectivity index (χ1) is 7.75. The molecule has 0 spiro atoms. The standard InChI is InChI=1S/C12H20N4/c1-12(3-2-4-14-12)10-15-7-8-16-6-5-13-11(16)9-15/h5-6,14H,2-4,7-10H2,1H3. The van der Waals surface area contributed by atoms with Gasteiger partial charge in [0.25, 0.3) is 0 Å². The summed E-state index contributed by atoms with van der Waals surface area (Å²) in [5.74, 6) is 1.22. The predicted octanol–water partition coefficient (Wildman–Crippen LogP) is 0.841. The zero-order valence-corrected chi connectivity index (χ0v) is 9.95. The second-order valence-corrected chi connectivity index (χ2v) is 5.34. The maximum atomic E-state index is 4.41. The lowest BCUT2D eigenvalue weighted by atomic mass is 9.99. The molecule has 1 unspecified atom stereocenters. The summed E-state index contributed by atoms with van der Waals surface area (Å²) in [7, 11) is 0. The quantitative estimate of drug-likeness (QED) is 0.802. The van der Waals surface area contributed by atoms with E-state index in [1.165, 1.54) is 25.2 Å². The molecule has 0 bridgehead atoms. The summed E-state index contributed by atoms with van der Waals surface area (Å²) < 4.78 is 2.26. The van der Waals surface area contributed by atoms with E-state index in [1.807, 2.05) is 6.20 Å². The molecule has 4 nitrogen and oxygen atoms in total. The van der Waals surface area contributed by atoms with Gasteiger partial charge in [-0.05, 0) is 26.3 Å². The van der Waals surface area contributed by atoms with Crippen LogP contribution in [0.3, 0.4) is 0 Å². The van der Waals surface area contributed by atoms with E-state index in [9.17, 15) is 0 Å². The summed E-state index contributed by atoms with van der Waals surface area (Å²) in [5, 5.41) is 3.63. The smallest absolute Gasteiger partial charge is 0.122 e. The molecule has 1 aromatic rings. The van der Waals surface area contributed by atoms with Gasteiger partial charge in [0.05, 0.1) is 6.54 Å². The largest absolute Gasteiger partial charge is 0.333 e. The molecule has 1 saturated heterocycles. The molecule has 88 valence electrons. The Kier molecular flexibility index (Phi) is 2.48. The van der Waals surface area contributed by atoms with Crippen molar-refractivity contribution >= 4 is 0 Å². The van der Waals surface area contributed by atoms with Crippen LogP contribution in [0.25, 0.3) is 0 Å². The molecule has 1 fully saturated rings. The number of rotatable bonds is 2. The number of hydrogen-bond donors (Lipinski definition) is 1. The van der Waals surface area contributed by atoms with Crippen LogP contribution >= 0.6 is 0 Å². The Balaban J connectivity index is 1.65. The second-order valence-electron chi connectivity index (χ2n) is 5.34. The van der Waals surface area contributed by atoms with E-state index >= 15 is 0 Å². The highest BCUT2D eigenvalue weighted by atomic mass is 15.3. The summed E-state index contributed by atoms with van der Waals surface area (Å²) in [6.07, 6.45) is 6.62. The van der Waals surface area contributed by atoms with Gasteiger partial charge < -0.3 is 9.88 Å². The average Bonchev–Trinajstić information content (AvgIpc) is 2.86. The molecule has 0 saturated carbocycles. The van der Waals surface area contributed by atoms with E-state index < -0.39 is 0 Å². The van der Waals surface area contributed by atoms with Crippen LogP contribution in [0, 0.1) is 0 Å². The fraction of sp³-hybridized carbons (Fsp3) is 0.750. The van der Waals surface area contributed by atoms with Crippen molar-refractivity contribution in [1.82, 2.24) is 19.8 Å². The SMILES string of the molecule is CC1(CN2CCn3ccnc3C2)CCCN1. The molecule has 0 aliphatic carbocycles. The minimum atomic E-state index is 0.328. The number of aromatic nitrogens is 2. The molecular weight excluding hydrogens is 200 g/mol. The molecule has 3 rings (SSSR count). The van der Waals surface area contributed by atoms with Crippen LogP contribution in [0.15, 0.2) is 12.4 Å². The Morgan fingerprint density at radius 1 is 1.50 bits per heavy atom. The normalized spacial score (nSPS) is 30.6. The van der Waals surface area contributed by atoms with E-state index in [-0.39, 0.29) is 0 Å². The molecule has 2 aliphatic heterocycles. The molecule has 0 radical (unpaired) electrons. The van der Waals surface area contributed by atoms with Crippen LogP contribution in [0.2, 0.25) is 0 Å². The fourth-order valence-corrected chi connectivity index (χ4v) is 2.94. The van der Waals surface area contributed by atoms with Gasteiger partial charge in [0, 0.05) is 37.6 Å². The molecule has 0 amide bonds. The first-order valence-corrected chi connectivity index (χ1v) is 6.23. The zero-order chi connectivity index (χ0) is 11.0. The van der Waals surface area contributed by atoms with E-state index in [0.717, 1.165) is 26.2 Å². The number of hydrogen-bond acceptors (Lipinski definition) is 3. The molecule has 4 heteroatoms. The predicted molar refractivity (Wildman–Crippen MR) is 63.1 cm³/mol. The van der Waals surface area contributed by atoms with Crippen molar-refractivity contribution in [3.63, 3.8) is 0 Å². The lowest BCUT2D eigenvalue weighted by molar-refractivity contribution is 0.165. The summed E-state index contributed by atoms with van der Waals surface area (Å²) in [5.41, 5.74) is 0.328. The third kappa shape index (κ3) is 1.87. The molecule has 1 atom stereocenters. The highest BCUT2D eigenvalue weighted by Crippen LogP contribution is 2.21. The fourth-order valence-electron chi connectivity index (χ4n) is 2.94. The van der Waals surface area contributed by atoms with Gasteiger partial charge in [0.2, 0.25) is 0 Å². The third-order valence-electron chi connectivity index (χ3n) is 3.85. The minimum Gasteiger partial charge on any atom is -0.333 e. The van der Waals surface area contributed by atoms with Gasteiger partial charge in [-0.25, -0.2) is 4.98 Å². The van der Waals surface area contributed by atoms with Gasteiger partial charge in [0.1, 0.15) is 5.82 Å². The maximum absolute atomic E-state index is 4.41. The summed E-state index contributed by atoms with van der Waals surface area (Å²) in [6, 6.07) is 0. The van der Waals surface area contributed by atoms with Crippen molar-refractivity contribution in [1.29, 1.82) is 0 Å². The molecule has 16 heavy (non-hydrogen) atoms. The zero-order valence-electron chi connectivity index (χ0n) is 9.95. The van der Waals surface area contributed by atoms with Crippen molar-refractivity contribution in [2.75, 3.05) is 19.6 Å². The first-order valence-electron chi connectivity index (χ1n) is 6.23. The van der Waals surface area contributed by atoms with Gasteiger partial charge in [-0.1, -0.05) is 0 Å². The maximum Gasteiger partial charge on any atom is 0.122 e. The topological polar surface area (TPSA) is 33.1 Å². The van der Waals surface area contributed by atoms with Gasteiger partial charge in [-0.3, -0.25) is 4.90 Å². The second kappa shape index (κ2) is 3.86. The summed E-state index contributed by atoms with van der Waals surface area (Å²) in [4.78, 5) is 6.93. The molecule has 1 aromatic heterocycles. The van der Waals surface area contributed by atoms with Gasteiger partial charge >= 0.3 is 0 Å². The highest BCUT2D eigenvalue weighted by Gasteiger charge is 2.31. The van der Waals surface area contributed by atoms with Crippen molar-refractivity contribution in [2.24, 2.45) is 0 Å². The van der Waals surface area contributed by atoms with Crippen molar-refractivity contribution in [3.8, 4) is 0 Å². The summed E-state index contributed by atoms with van der Waals surface area (Å²) in [6.45, 7) is 7.93. The highest BCUT2D eigenvalue weighted by molar-refractivity contribution is 4.98.